The molecule has 0 saturated heterocycles. The third-order valence-corrected chi connectivity index (χ3v) is 9.07. The molecule has 224 valence electrons. The number of carbonyl (C=O) groups is 3. The van der Waals surface area contributed by atoms with Gasteiger partial charge in [0.05, 0.1) is 6.42 Å². The fourth-order valence-electron chi connectivity index (χ4n) is 5.25. The quantitative estimate of drug-likeness (QED) is 0.201. The number of thiophene rings is 1. The highest BCUT2D eigenvalue weighted by Gasteiger charge is 2.40. The zero-order chi connectivity index (χ0) is 31.1. The van der Waals surface area contributed by atoms with Gasteiger partial charge in [-0.2, -0.15) is 0 Å². The van der Waals surface area contributed by atoms with E-state index in [9.17, 15) is 24.6 Å². The second-order valence-corrected chi connectivity index (χ2v) is 13.2. The number of nitrogens with one attached hydrogen (secondary N) is 1. The topological polar surface area (TPSA) is 116 Å². The molecule has 5 rings (SSSR count). The molecule has 2 atom stereocenters. The number of benzene rings is 3. The van der Waals surface area contributed by atoms with Crippen molar-refractivity contribution >= 4 is 62.2 Å². The number of aryl methyl sites for hydroxylation is 1. The molecule has 2 amide bonds. The molecule has 0 unspecified atom stereocenters. The van der Waals surface area contributed by atoms with Crippen LogP contribution in [0.4, 0.5) is 11.4 Å². The van der Waals surface area contributed by atoms with E-state index < -0.39 is 35.4 Å². The van der Waals surface area contributed by atoms with Gasteiger partial charge < -0.3 is 25.2 Å². The maximum Gasteiger partial charge on any atom is 0.345 e. The van der Waals surface area contributed by atoms with E-state index in [2.05, 4.69) is 5.32 Å². The first-order valence-electron chi connectivity index (χ1n) is 13.9. The summed E-state index contributed by atoms with van der Waals surface area (Å²) in [6.07, 6.45) is -2.09. The molecule has 0 spiro atoms. The summed E-state index contributed by atoms with van der Waals surface area (Å²) in [6, 6.07) is 17.9. The summed E-state index contributed by atoms with van der Waals surface area (Å²) in [5.41, 5.74) is 4.08. The molecule has 0 bridgehead atoms. The lowest BCUT2D eigenvalue weighted by Gasteiger charge is -2.32. The number of aromatic carboxylic acids is 1. The Balaban J connectivity index is 1.52. The number of carboxylic acid groups (broad SMARTS) is 1. The van der Waals surface area contributed by atoms with Crippen LogP contribution in [-0.4, -0.2) is 47.3 Å². The van der Waals surface area contributed by atoms with Crippen LogP contribution in [-0.2, 0) is 14.3 Å². The number of anilines is 2. The predicted molar refractivity (Wildman–Crippen MR) is 169 cm³/mol. The molecule has 0 aliphatic carbocycles. The summed E-state index contributed by atoms with van der Waals surface area (Å²) in [5.74, 6) is -1.84. The van der Waals surface area contributed by atoms with E-state index in [-0.39, 0.29) is 24.4 Å². The lowest BCUT2D eigenvalue weighted by molar-refractivity contribution is -0.136. The maximum atomic E-state index is 14.2. The van der Waals surface area contributed by atoms with Crippen molar-refractivity contribution < 1.29 is 29.3 Å². The molecular formula is C33H33ClN2O6S. The number of aliphatic hydroxyl groups excluding tert-OH is 1. The summed E-state index contributed by atoms with van der Waals surface area (Å²) < 4.78 is 7.36. The summed E-state index contributed by atoms with van der Waals surface area (Å²) in [6.45, 7) is 7.77. The number of ether oxygens (including phenoxy) is 1. The highest BCUT2D eigenvalue weighted by molar-refractivity contribution is 7.20. The Morgan fingerprint density at radius 1 is 1.07 bits per heavy atom. The Kier molecular flexibility index (Phi) is 8.63. The van der Waals surface area contributed by atoms with Crippen LogP contribution in [0.1, 0.15) is 58.3 Å². The van der Waals surface area contributed by atoms with E-state index in [1.165, 1.54) is 0 Å². The first-order valence-corrected chi connectivity index (χ1v) is 15.1. The second-order valence-electron chi connectivity index (χ2n) is 11.7. The monoisotopic (exact) mass is 620 g/mol. The van der Waals surface area contributed by atoms with E-state index in [4.69, 9.17) is 16.3 Å². The molecule has 0 fully saturated rings. The summed E-state index contributed by atoms with van der Waals surface area (Å²) in [7, 11) is 0. The van der Waals surface area contributed by atoms with Crippen LogP contribution in [0.25, 0.3) is 10.1 Å². The number of hydrogen-bond acceptors (Lipinski definition) is 6. The number of rotatable bonds is 8. The third-order valence-electron chi connectivity index (χ3n) is 7.73. The number of carboxylic acids is 1. The molecular weight excluding hydrogens is 588 g/mol. The molecule has 3 N–H and O–H groups in total. The largest absolute Gasteiger partial charge is 0.477 e. The molecule has 4 aromatic rings. The Morgan fingerprint density at radius 2 is 1.84 bits per heavy atom. The van der Waals surface area contributed by atoms with Crippen molar-refractivity contribution in [2.24, 2.45) is 5.41 Å². The van der Waals surface area contributed by atoms with Gasteiger partial charge in [0.25, 0.3) is 5.91 Å². The van der Waals surface area contributed by atoms with Gasteiger partial charge in [-0.25, -0.2) is 4.79 Å². The molecule has 1 aliphatic heterocycles. The number of nitrogens with zero attached hydrogens (tertiary/aromatic N) is 1. The van der Waals surface area contributed by atoms with Crippen LogP contribution in [0.2, 0.25) is 5.02 Å². The molecule has 10 heteroatoms. The standard InChI is InChI=1S/C33H33ClN2O6S/c1-18-6-5-7-23(19(18)2)30-24-14-21(34)8-10-25(24)36(16-33(3,4)17-37)31(39)26(42-30)15-29(38)35-22-9-11-27-20(12-22)13-28(43-27)32(40)41/h5-14,26,30,37H,15-17H2,1-4H3,(H,35,38)(H,40,41)/t26-,30-/m1/s1. The van der Waals surface area contributed by atoms with Crippen LogP contribution in [0.15, 0.2) is 60.7 Å². The zero-order valence-corrected chi connectivity index (χ0v) is 25.9. The highest BCUT2D eigenvalue weighted by Crippen LogP contribution is 2.42. The number of fused-ring (bicyclic) bond motifs is 2. The summed E-state index contributed by atoms with van der Waals surface area (Å²) in [4.78, 5) is 40.8. The average molecular weight is 621 g/mol. The number of carbonyl (C=O) groups excluding carboxylic acids is 2. The molecule has 8 nitrogen and oxygen atoms in total. The van der Waals surface area contributed by atoms with Gasteiger partial charge in [0.2, 0.25) is 5.91 Å². The molecule has 2 heterocycles. The Labute approximate surface area is 258 Å². The lowest BCUT2D eigenvalue weighted by Crippen LogP contribution is -2.46. The lowest BCUT2D eigenvalue weighted by atomic mass is 9.91. The van der Waals surface area contributed by atoms with Gasteiger partial charge >= 0.3 is 5.97 Å². The minimum absolute atomic E-state index is 0.152. The number of halogens is 1. The van der Waals surface area contributed by atoms with Crippen LogP contribution in [0.5, 0.6) is 0 Å². The molecule has 0 radical (unpaired) electrons. The average Bonchev–Trinajstić information content (AvgIpc) is 3.36. The fourth-order valence-corrected chi connectivity index (χ4v) is 6.31. The van der Waals surface area contributed by atoms with Gasteiger partial charge in [-0.05, 0) is 78.4 Å². The molecule has 1 aliphatic rings. The van der Waals surface area contributed by atoms with Crippen molar-refractivity contribution in [3.63, 3.8) is 0 Å². The minimum Gasteiger partial charge on any atom is -0.477 e. The van der Waals surface area contributed by atoms with Crippen molar-refractivity contribution in [2.45, 2.75) is 46.3 Å². The summed E-state index contributed by atoms with van der Waals surface area (Å²) >= 11 is 7.63. The van der Waals surface area contributed by atoms with Gasteiger partial charge in [0.1, 0.15) is 17.1 Å². The van der Waals surface area contributed by atoms with Crippen molar-refractivity contribution in [1.82, 2.24) is 0 Å². The highest BCUT2D eigenvalue weighted by atomic mass is 35.5. The van der Waals surface area contributed by atoms with Crippen molar-refractivity contribution in [3.8, 4) is 0 Å². The van der Waals surface area contributed by atoms with Crippen molar-refractivity contribution in [3.05, 3.63) is 92.8 Å². The molecule has 0 saturated carbocycles. The van der Waals surface area contributed by atoms with E-state index in [0.717, 1.165) is 32.7 Å². The third kappa shape index (κ3) is 6.45. The van der Waals surface area contributed by atoms with Gasteiger partial charge in [0, 0.05) is 45.2 Å². The van der Waals surface area contributed by atoms with E-state index in [1.807, 2.05) is 45.9 Å². The Hall–Kier alpha value is -3.76. The van der Waals surface area contributed by atoms with Crippen LogP contribution in [0, 0.1) is 19.3 Å². The number of hydrogen-bond donors (Lipinski definition) is 3. The van der Waals surface area contributed by atoms with E-state index in [1.54, 1.807) is 47.4 Å². The smallest absolute Gasteiger partial charge is 0.345 e. The Morgan fingerprint density at radius 3 is 2.56 bits per heavy atom. The SMILES string of the molecule is Cc1cccc([C@H]2O[C@H](CC(=O)Nc3ccc4sc(C(=O)O)cc4c3)C(=O)N(CC(C)(C)CO)c3ccc(Cl)cc32)c1C. The van der Waals surface area contributed by atoms with E-state index in [0.29, 0.717) is 27.3 Å². The van der Waals surface area contributed by atoms with Gasteiger partial charge in [-0.15, -0.1) is 11.3 Å². The van der Waals surface area contributed by atoms with Gasteiger partial charge in [-0.1, -0.05) is 43.6 Å². The van der Waals surface area contributed by atoms with Crippen LogP contribution < -0.4 is 10.2 Å². The minimum atomic E-state index is -1.14. The van der Waals surface area contributed by atoms with Gasteiger partial charge in [0.15, 0.2) is 0 Å². The van der Waals surface area contributed by atoms with E-state index >= 15 is 0 Å². The fraction of sp³-hybridized carbons (Fsp3) is 0.303. The van der Waals surface area contributed by atoms with Crippen molar-refractivity contribution in [1.29, 1.82) is 0 Å². The zero-order valence-electron chi connectivity index (χ0n) is 24.3. The molecule has 1 aromatic heterocycles. The first-order chi connectivity index (χ1) is 20.4. The van der Waals surface area contributed by atoms with Crippen molar-refractivity contribution in [2.75, 3.05) is 23.4 Å². The van der Waals surface area contributed by atoms with Gasteiger partial charge in [-0.3, -0.25) is 9.59 Å². The normalized spacial score (nSPS) is 17.1. The molecule has 43 heavy (non-hydrogen) atoms. The predicted octanol–water partition coefficient (Wildman–Crippen LogP) is 6.74. The van der Waals surface area contributed by atoms with Crippen LogP contribution in [0.3, 0.4) is 0 Å². The number of aliphatic hydroxyl groups is 1. The Bertz CT molecular complexity index is 1730. The summed E-state index contributed by atoms with van der Waals surface area (Å²) in [5, 5.41) is 23.4. The number of amides is 2. The van der Waals surface area contributed by atoms with Crippen LogP contribution >= 0.6 is 22.9 Å². The first kappa shape index (κ1) is 30.7. The molecule has 3 aromatic carbocycles. The maximum absolute atomic E-state index is 14.2. The second kappa shape index (κ2) is 12.1.